The molecule has 0 saturated carbocycles. The summed E-state index contributed by atoms with van der Waals surface area (Å²) >= 11 is 0. The molecule has 92 valence electrons. The maximum Gasteiger partial charge on any atom is 0.0297 e. The second-order valence-corrected chi connectivity index (χ2v) is 4.25. The number of halogens is 1. The van der Waals surface area contributed by atoms with Crippen molar-refractivity contribution in [3.8, 4) is 0 Å². The molecule has 1 aromatic rings. The summed E-state index contributed by atoms with van der Waals surface area (Å²) < 4.78 is 0. The number of hydrogen-bond acceptors (Lipinski definition) is 2. The van der Waals surface area contributed by atoms with Gasteiger partial charge >= 0.3 is 0 Å². The van der Waals surface area contributed by atoms with E-state index in [9.17, 15) is 0 Å². The Kier molecular flexibility index (Phi) is 7.39. The minimum Gasteiger partial charge on any atom is -0.330 e. The molecule has 0 aliphatic rings. The molecule has 0 aliphatic heterocycles. The summed E-state index contributed by atoms with van der Waals surface area (Å²) in [4.78, 5) is 0. The van der Waals surface area contributed by atoms with Gasteiger partial charge in [-0.2, -0.15) is 0 Å². The standard InChI is InChI=1S/C13H22N2.ClH/c1-10-6-7-12(11(2)9-10)13(15)5-3-4-8-14;/h6-7,9,13H,3-5,8,14-15H2,1-2H3;1H/t13-;/m0./s1. The number of aryl methyl sites for hydroxylation is 2. The molecular weight excluding hydrogens is 220 g/mol. The van der Waals surface area contributed by atoms with Gasteiger partial charge in [0.05, 0.1) is 0 Å². The first-order valence-electron chi connectivity index (χ1n) is 5.68. The van der Waals surface area contributed by atoms with E-state index in [1.807, 2.05) is 0 Å². The van der Waals surface area contributed by atoms with Gasteiger partial charge in [0.25, 0.3) is 0 Å². The summed E-state index contributed by atoms with van der Waals surface area (Å²) in [5, 5.41) is 0. The Labute approximate surface area is 105 Å². The molecule has 1 aromatic carbocycles. The van der Waals surface area contributed by atoms with Crippen LogP contribution in [0.1, 0.15) is 42.0 Å². The molecule has 0 unspecified atom stereocenters. The fourth-order valence-electron chi connectivity index (χ4n) is 1.91. The number of nitrogens with two attached hydrogens (primary N) is 2. The van der Waals surface area contributed by atoms with Crippen LogP contribution in [0.2, 0.25) is 0 Å². The Morgan fingerprint density at radius 2 is 1.88 bits per heavy atom. The lowest BCUT2D eigenvalue weighted by atomic mass is 9.96. The SMILES string of the molecule is Cc1ccc([C@@H](N)CCCCN)c(C)c1.Cl. The lowest BCUT2D eigenvalue weighted by Crippen LogP contribution is -2.12. The lowest BCUT2D eigenvalue weighted by Gasteiger charge is -2.15. The molecule has 0 aromatic heterocycles. The molecule has 4 N–H and O–H groups in total. The predicted molar refractivity (Wildman–Crippen MR) is 73.0 cm³/mol. The van der Waals surface area contributed by atoms with Crippen molar-refractivity contribution in [1.29, 1.82) is 0 Å². The van der Waals surface area contributed by atoms with Crippen LogP contribution < -0.4 is 11.5 Å². The summed E-state index contributed by atoms with van der Waals surface area (Å²) in [7, 11) is 0. The van der Waals surface area contributed by atoms with Crippen LogP contribution in [0.15, 0.2) is 18.2 Å². The summed E-state index contributed by atoms with van der Waals surface area (Å²) in [6.07, 6.45) is 3.21. The van der Waals surface area contributed by atoms with Gasteiger partial charge in [-0.05, 0) is 44.4 Å². The van der Waals surface area contributed by atoms with E-state index < -0.39 is 0 Å². The van der Waals surface area contributed by atoms with Crippen molar-refractivity contribution in [3.05, 3.63) is 34.9 Å². The molecule has 0 heterocycles. The maximum atomic E-state index is 6.15. The molecular formula is C13H23ClN2. The first-order chi connectivity index (χ1) is 7.15. The van der Waals surface area contributed by atoms with Crippen LogP contribution >= 0.6 is 12.4 Å². The van der Waals surface area contributed by atoms with Crippen LogP contribution in [0.4, 0.5) is 0 Å². The molecule has 0 spiro atoms. The van der Waals surface area contributed by atoms with E-state index in [4.69, 9.17) is 11.5 Å². The summed E-state index contributed by atoms with van der Waals surface area (Å²) in [5.41, 5.74) is 15.5. The normalized spacial score (nSPS) is 12.0. The second kappa shape index (κ2) is 7.66. The molecule has 0 saturated heterocycles. The van der Waals surface area contributed by atoms with E-state index in [0.717, 1.165) is 25.8 Å². The van der Waals surface area contributed by atoms with Gasteiger partial charge in [0, 0.05) is 6.04 Å². The Balaban J connectivity index is 0.00000225. The molecule has 0 amide bonds. The van der Waals surface area contributed by atoms with Gasteiger partial charge in [-0.3, -0.25) is 0 Å². The van der Waals surface area contributed by atoms with Crippen LogP contribution in [0, 0.1) is 13.8 Å². The number of unbranched alkanes of at least 4 members (excludes halogenated alkanes) is 1. The quantitative estimate of drug-likeness (QED) is 0.781. The van der Waals surface area contributed by atoms with E-state index in [-0.39, 0.29) is 18.4 Å². The third-order valence-corrected chi connectivity index (χ3v) is 2.79. The molecule has 2 nitrogen and oxygen atoms in total. The van der Waals surface area contributed by atoms with E-state index in [1.165, 1.54) is 16.7 Å². The number of hydrogen-bond donors (Lipinski definition) is 2. The zero-order valence-corrected chi connectivity index (χ0v) is 11.0. The van der Waals surface area contributed by atoms with Gasteiger partial charge in [0.1, 0.15) is 0 Å². The highest BCUT2D eigenvalue weighted by molar-refractivity contribution is 5.85. The largest absolute Gasteiger partial charge is 0.330 e. The zero-order valence-electron chi connectivity index (χ0n) is 10.2. The van der Waals surface area contributed by atoms with Gasteiger partial charge < -0.3 is 11.5 Å². The van der Waals surface area contributed by atoms with Crippen molar-refractivity contribution in [1.82, 2.24) is 0 Å². The fourth-order valence-corrected chi connectivity index (χ4v) is 1.91. The average molecular weight is 243 g/mol. The molecule has 0 aliphatic carbocycles. The second-order valence-electron chi connectivity index (χ2n) is 4.25. The van der Waals surface area contributed by atoms with Gasteiger partial charge in [0.2, 0.25) is 0 Å². The fraction of sp³-hybridized carbons (Fsp3) is 0.538. The topological polar surface area (TPSA) is 52.0 Å². The zero-order chi connectivity index (χ0) is 11.3. The number of rotatable bonds is 5. The summed E-state index contributed by atoms with van der Waals surface area (Å²) in [5.74, 6) is 0. The third kappa shape index (κ3) is 4.52. The molecule has 0 bridgehead atoms. The summed E-state index contributed by atoms with van der Waals surface area (Å²) in [6.45, 7) is 5.00. The van der Waals surface area contributed by atoms with E-state index >= 15 is 0 Å². The van der Waals surface area contributed by atoms with Crippen molar-refractivity contribution in [2.24, 2.45) is 11.5 Å². The van der Waals surface area contributed by atoms with Gasteiger partial charge in [-0.15, -0.1) is 12.4 Å². The first-order valence-corrected chi connectivity index (χ1v) is 5.68. The highest BCUT2D eigenvalue weighted by Gasteiger charge is 2.08. The molecule has 0 fully saturated rings. The van der Waals surface area contributed by atoms with E-state index in [0.29, 0.717) is 0 Å². The van der Waals surface area contributed by atoms with Gasteiger partial charge in [0.15, 0.2) is 0 Å². The smallest absolute Gasteiger partial charge is 0.0297 e. The van der Waals surface area contributed by atoms with E-state index in [2.05, 4.69) is 32.0 Å². The van der Waals surface area contributed by atoms with Crippen LogP contribution in [0.3, 0.4) is 0 Å². The highest BCUT2D eigenvalue weighted by Crippen LogP contribution is 2.21. The third-order valence-electron chi connectivity index (χ3n) is 2.79. The monoisotopic (exact) mass is 242 g/mol. The van der Waals surface area contributed by atoms with Crippen LogP contribution in [0.5, 0.6) is 0 Å². The Morgan fingerprint density at radius 3 is 2.44 bits per heavy atom. The number of benzene rings is 1. The van der Waals surface area contributed by atoms with E-state index in [1.54, 1.807) is 0 Å². The van der Waals surface area contributed by atoms with Crippen molar-refractivity contribution >= 4 is 12.4 Å². The minimum absolute atomic E-state index is 0. The predicted octanol–water partition coefficient (Wildman–Crippen LogP) is 2.85. The van der Waals surface area contributed by atoms with Crippen molar-refractivity contribution < 1.29 is 0 Å². The Morgan fingerprint density at radius 1 is 1.19 bits per heavy atom. The van der Waals surface area contributed by atoms with Crippen molar-refractivity contribution in [2.45, 2.75) is 39.2 Å². The van der Waals surface area contributed by atoms with Crippen LogP contribution in [0.25, 0.3) is 0 Å². The van der Waals surface area contributed by atoms with Gasteiger partial charge in [-0.1, -0.05) is 30.2 Å². The van der Waals surface area contributed by atoms with Crippen molar-refractivity contribution in [3.63, 3.8) is 0 Å². The Bertz CT molecular complexity index is 313. The van der Waals surface area contributed by atoms with Crippen molar-refractivity contribution in [2.75, 3.05) is 6.54 Å². The first kappa shape index (κ1) is 15.4. The molecule has 1 rings (SSSR count). The molecule has 16 heavy (non-hydrogen) atoms. The molecule has 3 heteroatoms. The van der Waals surface area contributed by atoms with Crippen LogP contribution in [-0.2, 0) is 0 Å². The van der Waals surface area contributed by atoms with Gasteiger partial charge in [-0.25, -0.2) is 0 Å². The highest BCUT2D eigenvalue weighted by atomic mass is 35.5. The summed E-state index contributed by atoms with van der Waals surface area (Å²) in [6, 6.07) is 6.64. The Hall–Kier alpha value is -0.570. The molecule has 0 radical (unpaired) electrons. The minimum atomic E-state index is 0. The average Bonchev–Trinajstić information content (AvgIpc) is 2.17. The molecule has 1 atom stereocenters. The lowest BCUT2D eigenvalue weighted by molar-refractivity contribution is 0.589. The van der Waals surface area contributed by atoms with Crippen LogP contribution in [-0.4, -0.2) is 6.54 Å². The maximum absolute atomic E-state index is 6.15.